The van der Waals surface area contributed by atoms with Crippen LogP contribution in [0, 0.1) is 0 Å². The summed E-state index contributed by atoms with van der Waals surface area (Å²) in [4.78, 5) is 2.49. The molecule has 0 N–H and O–H groups in total. The smallest absolute Gasteiger partial charge is 0.135 e. The Kier molecular flexibility index (Phi) is 6.21. The summed E-state index contributed by atoms with van der Waals surface area (Å²) in [6, 6.07) is 60.2. The van der Waals surface area contributed by atoms with Crippen molar-refractivity contribution in [3.63, 3.8) is 0 Å². The number of para-hydroxylation sites is 1. The van der Waals surface area contributed by atoms with Gasteiger partial charge in [-0.25, -0.2) is 0 Å². The van der Waals surface area contributed by atoms with Crippen LogP contribution in [-0.2, 0) is 5.41 Å². The molecule has 2 heterocycles. The SMILES string of the molecule is CC1(C)c2ccccc2-c2ccc(N(c3ccc4sc5ccccc5c4c3)c3ccc4ccccc4c3-c3ccc4oc5ccccc5c4c3)cc21. The molecule has 8 aromatic carbocycles. The van der Waals surface area contributed by atoms with E-state index in [1.165, 1.54) is 58.8 Å². The fourth-order valence-corrected chi connectivity index (χ4v) is 9.83. The molecule has 246 valence electrons. The van der Waals surface area contributed by atoms with E-state index in [0.717, 1.165) is 44.6 Å². The van der Waals surface area contributed by atoms with E-state index in [1.807, 2.05) is 17.4 Å². The first-order valence-electron chi connectivity index (χ1n) is 17.9. The number of anilines is 3. The van der Waals surface area contributed by atoms with Crippen LogP contribution in [-0.4, -0.2) is 0 Å². The Bertz CT molecular complexity index is 3070. The van der Waals surface area contributed by atoms with Crippen LogP contribution in [0.25, 0.3) is 75.1 Å². The Balaban J connectivity index is 1.21. The van der Waals surface area contributed by atoms with Crippen molar-refractivity contribution in [2.75, 3.05) is 4.90 Å². The second-order valence-electron chi connectivity index (χ2n) is 14.5. The molecule has 1 aliphatic rings. The molecule has 3 heteroatoms. The number of nitrogens with zero attached hydrogens (tertiary/aromatic N) is 1. The van der Waals surface area contributed by atoms with E-state index < -0.39 is 0 Å². The molecule has 0 radical (unpaired) electrons. The van der Waals surface area contributed by atoms with Crippen LogP contribution in [0.5, 0.6) is 0 Å². The topological polar surface area (TPSA) is 16.4 Å². The van der Waals surface area contributed by atoms with Crippen molar-refractivity contribution in [1.82, 2.24) is 0 Å². The van der Waals surface area contributed by atoms with Gasteiger partial charge in [-0.15, -0.1) is 11.3 Å². The van der Waals surface area contributed by atoms with Crippen LogP contribution >= 0.6 is 11.3 Å². The molecule has 0 saturated carbocycles. The number of rotatable bonds is 4. The van der Waals surface area contributed by atoms with E-state index >= 15 is 0 Å². The maximum Gasteiger partial charge on any atom is 0.135 e. The summed E-state index contributed by atoms with van der Waals surface area (Å²) in [7, 11) is 0. The van der Waals surface area contributed by atoms with Crippen LogP contribution in [0.15, 0.2) is 168 Å². The van der Waals surface area contributed by atoms with Gasteiger partial charge in [-0.3, -0.25) is 0 Å². The van der Waals surface area contributed by atoms with Crippen molar-refractivity contribution >= 4 is 81.3 Å². The zero-order valence-electron chi connectivity index (χ0n) is 28.9. The van der Waals surface area contributed by atoms with Crippen LogP contribution in [0.2, 0.25) is 0 Å². The van der Waals surface area contributed by atoms with E-state index in [9.17, 15) is 0 Å². The zero-order valence-corrected chi connectivity index (χ0v) is 29.7. The summed E-state index contributed by atoms with van der Waals surface area (Å²) in [5.41, 5.74) is 12.8. The van der Waals surface area contributed by atoms with Gasteiger partial charge < -0.3 is 9.32 Å². The summed E-state index contributed by atoms with van der Waals surface area (Å²) in [6.07, 6.45) is 0. The molecule has 0 bridgehead atoms. The molecule has 52 heavy (non-hydrogen) atoms. The minimum atomic E-state index is -0.124. The number of thiophene rings is 1. The molecule has 11 rings (SSSR count). The zero-order chi connectivity index (χ0) is 34.6. The van der Waals surface area contributed by atoms with Crippen molar-refractivity contribution < 1.29 is 4.42 Å². The monoisotopic (exact) mass is 683 g/mol. The highest BCUT2D eigenvalue weighted by molar-refractivity contribution is 7.25. The van der Waals surface area contributed by atoms with Crippen LogP contribution < -0.4 is 4.90 Å². The van der Waals surface area contributed by atoms with Gasteiger partial charge in [-0.1, -0.05) is 117 Å². The number of benzene rings is 8. The first-order chi connectivity index (χ1) is 25.5. The van der Waals surface area contributed by atoms with Crippen LogP contribution in [0.3, 0.4) is 0 Å². The molecule has 0 aliphatic heterocycles. The van der Waals surface area contributed by atoms with Crippen molar-refractivity contribution in [3.8, 4) is 22.3 Å². The number of hydrogen-bond donors (Lipinski definition) is 0. The lowest BCUT2D eigenvalue weighted by molar-refractivity contribution is 0.660. The minimum Gasteiger partial charge on any atom is -0.456 e. The largest absolute Gasteiger partial charge is 0.456 e. The van der Waals surface area contributed by atoms with Gasteiger partial charge in [0.05, 0.1) is 5.69 Å². The first kappa shape index (κ1) is 29.6. The quantitative estimate of drug-likeness (QED) is 0.184. The van der Waals surface area contributed by atoms with Gasteiger partial charge in [0.2, 0.25) is 0 Å². The first-order valence-corrected chi connectivity index (χ1v) is 18.7. The lowest BCUT2D eigenvalue weighted by Crippen LogP contribution is -2.17. The molecule has 0 fully saturated rings. The lowest BCUT2D eigenvalue weighted by Gasteiger charge is -2.30. The molecular formula is C49H33NOS. The van der Waals surface area contributed by atoms with Crippen molar-refractivity contribution in [2.45, 2.75) is 19.3 Å². The highest BCUT2D eigenvalue weighted by Gasteiger charge is 2.36. The molecule has 10 aromatic rings. The molecule has 2 nitrogen and oxygen atoms in total. The molecule has 0 saturated heterocycles. The lowest BCUT2D eigenvalue weighted by atomic mass is 9.82. The third kappa shape index (κ3) is 4.23. The number of fused-ring (bicyclic) bond motifs is 10. The van der Waals surface area contributed by atoms with Crippen molar-refractivity contribution in [3.05, 3.63) is 175 Å². The average Bonchev–Trinajstić information content (AvgIpc) is 3.82. The fraction of sp³-hybridized carbons (Fsp3) is 0.0612. The summed E-state index contributed by atoms with van der Waals surface area (Å²) in [6.45, 7) is 4.72. The van der Waals surface area contributed by atoms with Crippen LogP contribution in [0.4, 0.5) is 17.1 Å². The van der Waals surface area contributed by atoms with Gasteiger partial charge in [0.1, 0.15) is 11.2 Å². The van der Waals surface area contributed by atoms with Gasteiger partial charge >= 0.3 is 0 Å². The Morgan fingerprint density at radius 2 is 1.17 bits per heavy atom. The highest BCUT2D eigenvalue weighted by atomic mass is 32.1. The Hall–Kier alpha value is -6.16. The average molecular weight is 684 g/mol. The van der Waals surface area contributed by atoms with Gasteiger partial charge in [0.15, 0.2) is 0 Å². The van der Waals surface area contributed by atoms with Crippen molar-refractivity contribution in [2.24, 2.45) is 0 Å². The van der Waals surface area contributed by atoms with Gasteiger partial charge in [-0.2, -0.15) is 0 Å². The Morgan fingerprint density at radius 3 is 2.10 bits per heavy atom. The summed E-state index contributed by atoms with van der Waals surface area (Å²) in [5.74, 6) is 0. The molecule has 1 aliphatic carbocycles. The predicted octanol–water partition coefficient (Wildman–Crippen LogP) is 14.6. The number of hydrogen-bond acceptors (Lipinski definition) is 3. The second-order valence-corrected chi connectivity index (χ2v) is 15.6. The third-order valence-electron chi connectivity index (χ3n) is 11.3. The molecule has 2 aromatic heterocycles. The summed E-state index contributed by atoms with van der Waals surface area (Å²) < 4.78 is 8.90. The minimum absolute atomic E-state index is 0.124. The van der Waals surface area contributed by atoms with Crippen molar-refractivity contribution in [1.29, 1.82) is 0 Å². The second kappa shape index (κ2) is 10.9. The fourth-order valence-electron chi connectivity index (χ4n) is 8.74. The normalized spacial score (nSPS) is 13.3. The maximum absolute atomic E-state index is 6.29. The predicted molar refractivity (Wildman–Crippen MR) is 222 cm³/mol. The maximum atomic E-state index is 6.29. The summed E-state index contributed by atoms with van der Waals surface area (Å²) in [5, 5.41) is 7.27. The van der Waals surface area contributed by atoms with Crippen LogP contribution in [0.1, 0.15) is 25.0 Å². The molecule has 0 spiro atoms. The molecule has 0 atom stereocenters. The highest BCUT2D eigenvalue weighted by Crippen LogP contribution is 2.52. The number of furan rings is 1. The van der Waals surface area contributed by atoms with E-state index in [0.29, 0.717) is 0 Å². The van der Waals surface area contributed by atoms with E-state index in [-0.39, 0.29) is 5.41 Å². The molecular weight excluding hydrogens is 651 g/mol. The molecule has 0 amide bonds. The van der Waals surface area contributed by atoms with Gasteiger partial charge in [0, 0.05) is 53.3 Å². The third-order valence-corrected chi connectivity index (χ3v) is 12.4. The Morgan fingerprint density at radius 1 is 0.481 bits per heavy atom. The standard InChI is InChI=1S/C49H33NOS/c1-49(2)41-16-8-5-13-35(41)36-23-21-33(29-42(36)49)50(32-22-26-47-40(28-32)38-15-7-10-18-46(38)52-47)43-24-19-30-11-3-4-12-34(30)48(43)31-20-25-45-39(27-31)37-14-6-9-17-44(37)51-45/h3-29H,1-2H3. The van der Waals surface area contributed by atoms with Gasteiger partial charge in [0.25, 0.3) is 0 Å². The van der Waals surface area contributed by atoms with E-state index in [4.69, 9.17) is 4.42 Å². The molecule has 0 unspecified atom stereocenters. The van der Waals surface area contributed by atoms with E-state index in [1.54, 1.807) is 0 Å². The Labute approximate surface area is 305 Å². The van der Waals surface area contributed by atoms with E-state index in [2.05, 4.69) is 176 Å². The van der Waals surface area contributed by atoms with Gasteiger partial charge in [-0.05, 0) is 99.3 Å². The summed E-state index contributed by atoms with van der Waals surface area (Å²) >= 11 is 1.86.